The number of halogens is 1. The van der Waals surface area contributed by atoms with E-state index in [1.807, 2.05) is 6.92 Å². The van der Waals surface area contributed by atoms with Gasteiger partial charge in [-0.1, -0.05) is 19.1 Å². The fourth-order valence-electron chi connectivity index (χ4n) is 2.53. The van der Waals surface area contributed by atoms with Gasteiger partial charge >= 0.3 is 0 Å². The van der Waals surface area contributed by atoms with Crippen LogP contribution in [0.5, 0.6) is 0 Å². The number of nitrogens with zero attached hydrogens (tertiary/aromatic N) is 1. The number of piperazine rings is 1. The summed E-state index contributed by atoms with van der Waals surface area (Å²) in [7, 11) is 0. The SMILES string of the molecule is CCC1(C)C(=O)NC(C)(C)C(=O)N1Cc1ccc(F)cc1. The fraction of sp³-hybridized carbons (Fsp3) is 0.500. The molecule has 1 unspecified atom stereocenters. The van der Waals surface area contributed by atoms with Crippen LogP contribution >= 0.6 is 0 Å². The summed E-state index contributed by atoms with van der Waals surface area (Å²) in [6.07, 6.45) is 0.516. The first kappa shape index (κ1) is 15.5. The quantitative estimate of drug-likeness (QED) is 0.928. The summed E-state index contributed by atoms with van der Waals surface area (Å²) in [6, 6.07) is 5.99. The van der Waals surface area contributed by atoms with E-state index in [4.69, 9.17) is 0 Å². The first-order valence-electron chi connectivity index (χ1n) is 7.10. The molecule has 5 heteroatoms. The van der Waals surface area contributed by atoms with Gasteiger partial charge in [0.1, 0.15) is 16.9 Å². The van der Waals surface area contributed by atoms with E-state index < -0.39 is 11.1 Å². The summed E-state index contributed by atoms with van der Waals surface area (Å²) < 4.78 is 13.0. The van der Waals surface area contributed by atoms with Crippen LogP contribution < -0.4 is 5.32 Å². The smallest absolute Gasteiger partial charge is 0.248 e. The predicted molar refractivity (Wildman–Crippen MR) is 77.9 cm³/mol. The van der Waals surface area contributed by atoms with Crippen LogP contribution in [-0.4, -0.2) is 27.8 Å². The van der Waals surface area contributed by atoms with Crippen molar-refractivity contribution < 1.29 is 14.0 Å². The summed E-state index contributed by atoms with van der Waals surface area (Å²) in [6.45, 7) is 7.32. The van der Waals surface area contributed by atoms with Crippen molar-refractivity contribution in [2.45, 2.75) is 51.7 Å². The number of carbonyl (C=O) groups excluding carboxylic acids is 2. The molecule has 1 fully saturated rings. The Balaban J connectivity index is 2.37. The van der Waals surface area contributed by atoms with Gasteiger partial charge in [-0.15, -0.1) is 0 Å². The minimum absolute atomic E-state index is 0.129. The molecule has 0 spiro atoms. The number of amides is 2. The molecule has 0 aromatic heterocycles. The van der Waals surface area contributed by atoms with E-state index in [-0.39, 0.29) is 17.6 Å². The van der Waals surface area contributed by atoms with Gasteiger partial charge in [0.2, 0.25) is 11.8 Å². The summed E-state index contributed by atoms with van der Waals surface area (Å²) in [5.74, 6) is -0.604. The maximum atomic E-state index is 13.0. The molecular weight excluding hydrogens is 271 g/mol. The van der Waals surface area contributed by atoms with Crippen molar-refractivity contribution in [3.63, 3.8) is 0 Å². The number of nitrogens with one attached hydrogen (secondary N) is 1. The zero-order chi connectivity index (χ0) is 15.8. The molecule has 1 saturated heterocycles. The lowest BCUT2D eigenvalue weighted by atomic mass is 9.86. The van der Waals surface area contributed by atoms with Crippen LogP contribution in [0.1, 0.15) is 39.7 Å². The van der Waals surface area contributed by atoms with Crippen LogP contribution in [0.4, 0.5) is 4.39 Å². The Labute approximate surface area is 124 Å². The van der Waals surface area contributed by atoms with Crippen molar-refractivity contribution in [2.75, 3.05) is 0 Å². The minimum Gasteiger partial charge on any atom is -0.340 e. The third kappa shape index (κ3) is 2.64. The average molecular weight is 292 g/mol. The van der Waals surface area contributed by atoms with Gasteiger partial charge in [-0.05, 0) is 44.9 Å². The molecule has 1 atom stereocenters. The lowest BCUT2D eigenvalue weighted by molar-refractivity contribution is -0.161. The number of rotatable bonds is 3. The fourth-order valence-corrected chi connectivity index (χ4v) is 2.53. The van der Waals surface area contributed by atoms with E-state index in [1.54, 1.807) is 37.8 Å². The highest BCUT2D eigenvalue weighted by molar-refractivity contribution is 6.01. The lowest BCUT2D eigenvalue weighted by Crippen LogP contribution is -2.72. The van der Waals surface area contributed by atoms with Gasteiger partial charge in [0.15, 0.2) is 0 Å². The third-order valence-corrected chi connectivity index (χ3v) is 4.23. The molecule has 0 bridgehead atoms. The van der Waals surface area contributed by atoms with Crippen LogP contribution in [0.2, 0.25) is 0 Å². The molecule has 2 amide bonds. The number of carbonyl (C=O) groups is 2. The topological polar surface area (TPSA) is 49.4 Å². The molecule has 1 aliphatic rings. The zero-order valence-electron chi connectivity index (χ0n) is 12.9. The lowest BCUT2D eigenvalue weighted by Gasteiger charge is -2.49. The van der Waals surface area contributed by atoms with Gasteiger partial charge in [-0.2, -0.15) is 0 Å². The Hall–Kier alpha value is -1.91. The Morgan fingerprint density at radius 3 is 2.24 bits per heavy atom. The van der Waals surface area contributed by atoms with Gasteiger partial charge in [-0.3, -0.25) is 9.59 Å². The second-order valence-corrected chi connectivity index (χ2v) is 6.22. The van der Waals surface area contributed by atoms with Crippen LogP contribution in [-0.2, 0) is 16.1 Å². The van der Waals surface area contributed by atoms with Crippen molar-refractivity contribution in [3.8, 4) is 0 Å². The molecule has 114 valence electrons. The second kappa shape index (κ2) is 5.13. The van der Waals surface area contributed by atoms with Crippen molar-refractivity contribution in [1.82, 2.24) is 10.2 Å². The van der Waals surface area contributed by atoms with Gasteiger partial charge < -0.3 is 10.2 Å². The maximum absolute atomic E-state index is 13.0. The number of benzene rings is 1. The minimum atomic E-state index is -0.925. The van der Waals surface area contributed by atoms with Gasteiger partial charge in [0.25, 0.3) is 0 Å². The van der Waals surface area contributed by atoms with E-state index in [0.29, 0.717) is 13.0 Å². The first-order chi connectivity index (χ1) is 9.70. The number of hydrogen-bond donors (Lipinski definition) is 1. The number of hydrogen-bond acceptors (Lipinski definition) is 2. The molecule has 21 heavy (non-hydrogen) atoms. The van der Waals surface area contributed by atoms with Crippen molar-refractivity contribution >= 4 is 11.8 Å². The third-order valence-electron chi connectivity index (χ3n) is 4.23. The monoisotopic (exact) mass is 292 g/mol. The van der Waals surface area contributed by atoms with Gasteiger partial charge in [-0.25, -0.2) is 4.39 Å². The molecule has 1 aromatic carbocycles. The highest BCUT2D eigenvalue weighted by Gasteiger charge is 2.51. The Kier molecular flexibility index (Phi) is 3.78. The van der Waals surface area contributed by atoms with E-state index in [2.05, 4.69) is 5.32 Å². The molecule has 1 N–H and O–H groups in total. The van der Waals surface area contributed by atoms with E-state index in [0.717, 1.165) is 5.56 Å². The first-order valence-corrected chi connectivity index (χ1v) is 7.10. The molecule has 1 aromatic rings. The van der Waals surface area contributed by atoms with E-state index in [1.165, 1.54) is 12.1 Å². The average Bonchev–Trinajstić information content (AvgIpc) is 2.43. The summed E-state index contributed by atoms with van der Waals surface area (Å²) in [4.78, 5) is 26.7. The van der Waals surface area contributed by atoms with E-state index in [9.17, 15) is 14.0 Å². The van der Waals surface area contributed by atoms with Gasteiger partial charge in [0.05, 0.1) is 0 Å². The molecule has 2 rings (SSSR count). The molecule has 0 saturated carbocycles. The summed E-state index contributed by atoms with van der Waals surface area (Å²) in [5.41, 5.74) is -1.01. The summed E-state index contributed by atoms with van der Waals surface area (Å²) >= 11 is 0. The van der Waals surface area contributed by atoms with E-state index >= 15 is 0 Å². The highest BCUT2D eigenvalue weighted by atomic mass is 19.1. The Bertz CT molecular complexity index is 568. The van der Waals surface area contributed by atoms with Crippen molar-refractivity contribution in [3.05, 3.63) is 35.6 Å². The largest absolute Gasteiger partial charge is 0.340 e. The predicted octanol–water partition coefficient (Wildman–Crippen LogP) is 2.23. The van der Waals surface area contributed by atoms with Crippen LogP contribution in [0.3, 0.4) is 0 Å². The Morgan fingerprint density at radius 1 is 1.14 bits per heavy atom. The Morgan fingerprint density at radius 2 is 1.71 bits per heavy atom. The van der Waals surface area contributed by atoms with Crippen LogP contribution in [0, 0.1) is 5.82 Å². The highest BCUT2D eigenvalue weighted by Crippen LogP contribution is 2.30. The molecular formula is C16H21FN2O2. The van der Waals surface area contributed by atoms with Crippen molar-refractivity contribution in [1.29, 1.82) is 0 Å². The van der Waals surface area contributed by atoms with Crippen molar-refractivity contribution in [2.24, 2.45) is 0 Å². The maximum Gasteiger partial charge on any atom is 0.248 e. The molecule has 1 heterocycles. The molecule has 0 radical (unpaired) electrons. The normalized spacial score (nSPS) is 24.9. The summed E-state index contributed by atoms with van der Waals surface area (Å²) in [5, 5.41) is 2.78. The molecule has 0 aliphatic carbocycles. The molecule has 1 aliphatic heterocycles. The molecule has 4 nitrogen and oxygen atoms in total. The standard InChI is InChI=1S/C16H21FN2O2/c1-5-16(4)13(20)18-15(2,3)14(21)19(16)10-11-6-8-12(17)9-7-11/h6-9H,5,10H2,1-4H3,(H,18,20). The zero-order valence-corrected chi connectivity index (χ0v) is 12.9. The van der Waals surface area contributed by atoms with Crippen LogP contribution in [0.25, 0.3) is 0 Å². The second-order valence-electron chi connectivity index (χ2n) is 6.22. The van der Waals surface area contributed by atoms with Crippen LogP contribution in [0.15, 0.2) is 24.3 Å². The van der Waals surface area contributed by atoms with Gasteiger partial charge in [0, 0.05) is 6.54 Å².